The largest absolute Gasteiger partial charge is 0.308 e. The minimum absolute atomic E-state index is 0.0372. The summed E-state index contributed by atoms with van der Waals surface area (Å²) in [6, 6.07) is 7.75. The number of hydrogen-bond donors (Lipinski definition) is 0. The third-order valence-electron chi connectivity index (χ3n) is 4.49. The zero-order valence-corrected chi connectivity index (χ0v) is 13.5. The monoisotopic (exact) mass is 307 g/mol. The van der Waals surface area contributed by atoms with E-state index in [-0.39, 0.29) is 34.8 Å². The SMILES string of the molecule is CC(C)(C)c1ccc(N2C(=O)C[C@H]3CS(=O)(=O)C[C@H]32)cc1. The molecule has 2 aliphatic heterocycles. The first-order valence-electron chi connectivity index (χ1n) is 7.30. The third kappa shape index (κ3) is 2.59. The highest BCUT2D eigenvalue weighted by Crippen LogP contribution is 2.37. The van der Waals surface area contributed by atoms with Gasteiger partial charge in [-0.1, -0.05) is 32.9 Å². The molecule has 0 bridgehead atoms. The maximum absolute atomic E-state index is 12.2. The number of anilines is 1. The van der Waals surface area contributed by atoms with Gasteiger partial charge in [-0.3, -0.25) is 4.79 Å². The quantitative estimate of drug-likeness (QED) is 0.798. The predicted molar refractivity (Wildman–Crippen MR) is 83.2 cm³/mol. The fourth-order valence-corrected chi connectivity index (χ4v) is 5.42. The number of carbonyl (C=O) groups is 1. The summed E-state index contributed by atoms with van der Waals surface area (Å²) in [6.45, 7) is 6.42. The van der Waals surface area contributed by atoms with E-state index in [0.29, 0.717) is 6.42 Å². The van der Waals surface area contributed by atoms with Crippen molar-refractivity contribution in [3.8, 4) is 0 Å². The molecule has 1 amide bonds. The molecule has 1 aromatic carbocycles. The fraction of sp³-hybridized carbons (Fsp3) is 0.562. The Morgan fingerprint density at radius 3 is 2.29 bits per heavy atom. The van der Waals surface area contributed by atoms with Crippen LogP contribution in [0.25, 0.3) is 0 Å². The lowest BCUT2D eigenvalue weighted by atomic mass is 9.87. The normalized spacial score (nSPS) is 28.0. The fourth-order valence-electron chi connectivity index (χ4n) is 3.35. The molecule has 2 aliphatic rings. The first-order chi connectivity index (χ1) is 9.67. The van der Waals surface area contributed by atoms with Gasteiger partial charge < -0.3 is 4.90 Å². The van der Waals surface area contributed by atoms with E-state index in [9.17, 15) is 13.2 Å². The van der Waals surface area contributed by atoms with E-state index in [2.05, 4.69) is 20.8 Å². The number of hydrogen-bond acceptors (Lipinski definition) is 3. The summed E-state index contributed by atoms with van der Waals surface area (Å²) < 4.78 is 23.6. The lowest BCUT2D eigenvalue weighted by molar-refractivity contribution is -0.117. The smallest absolute Gasteiger partial charge is 0.227 e. The van der Waals surface area contributed by atoms with Crippen LogP contribution in [0.1, 0.15) is 32.8 Å². The molecular formula is C16H21NO3S. The van der Waals surface area contributed by atoms with Gasteiger partial charge in [0.2, 0.25) is 5.91 Å². The standard InChI is InChI=1S/C16H21NO3S/c1-16(2,3)12-4-6-13(7-5-12)17-14-10-21(19,20)9-11(14)8-15(17)18/h4-7,11,14H,8-10H2,1-3H3/t11-,14+/m0/s1. The number of amides is 1. The molecule has 2 atom stereocenters. The Hall–Kier alpha value is -1.36. The van der Waals surface area contributed by atoms with Crippen LogP contribution in [0.15, 0.2) is 24.3 Å². The van der Waals surface area contributed by atoms with Gasteiger partial charge >= 0.3 is 0 Å². The Labute approximate surface area is 126 Å². The van der Waals surface area contributed by atoms with Crippen LogP contribution < -0.4 is 4.90 Å². The summed E-state index contributed by atoms with van der Waals surface area (Å²) in [4.78, 5) is 13.9. The Bertz CT molecular complexity index is 670. The molecule has 1 aromatic rings. The Morgan fingerprint density at radius 1 is 1.10 bits per heavy atom. The van der Waals surface area contributed by atoms with Gasteiger partial charge in [0.25, 0.3) is 0 Å². The topological polar surface area (TPSA) is 54.5 Å². The molecule has 0 radical (unpaired) electrons. The van der Waals surface area contributed by atoms with Crippen LogP contribution >= 0.6 is 0 Å². The minimum Gasteiger partial charge on any atom is -0.308 e. The highest BCUT2D eigenvalue weighted by atomic mass is 32.2. The minimum atomic E-state index is -3.00. The van der Waals surface area contributed by atoms with E-state index in [1.165, 1.54) is 5.56 Å². The third-order valence-corrected chi connectivity index (χ3v) is 6.27. The lowest BCUT2D eigenvalue weighted by Gasteiger charge is -2.25. The number of rotatable bonds is 1. The van der Waals surface area contributed by atoms with Gasteiger partial charge in [-0.2, -0.15) is 0 Å². The molecule has 4 nitrogen and oxygen atoms in total. The average Bonchev–Trinajstić information content (AvgIpc) is 2.78. The molecule has 2 fully saturated rings. The number of fused-ring (bicyclic) bond motifs is 1. The van der Waals surface area contributed by atoms with E-state index in [4.69, 9.17) is 0 Å². The van der Waals surface area contributed by atoms with Crippen molar-refractivity contribution in [2.75, 3.05) is 16.4 Å². The van der Waals surface area contributed by atoms with Gasteiger partial charge in [0.05, 0.1) is 17.5 Å². The molecule has 0 aliphatic carbocycles. The van der Waals surface area contributed by atoms with E-state index in [0.717, 1.165) is 5.69 Å². The second kappa shape index (κ2) is 4.57. The van der Waals surface area contributed by atoms with Gasteiger partial charge in [-0.15, -0.1) is 0 Å². The van der Waals surface area contributed by atoms with Crippen molar-refractivity contribution in [3.05, 3.63) is 29.8 Å². The summed E-state index contributed by atoms with van der Waals surface area (Å²) in [7, 11) is -3.00. The average molecular weight is 307 g/mol. The number of nitrogens with zero attached hydrogens (tertiary/aromatic N) is 1. The summed E-state index contributed by atoms with van der Waals surface area (Å²) in [5, 5.41) is 0. The molecule has 0 aromatic heterocycles. The Balaban J connectivity index is 1.91. The van der Waals surface area contributed by atoms with Crippen LogP contribution in [0.3, 0.4) is 0 Å². The van der Waals surface area contributed by atoms with Crippen molar-refractivity contribution in [2.45, 2.75) is 38.6 Å². The van der Waals surface area contributed by atoms with E-state index in [1.54, 1.807) is 4.90 Å². The van der Waals surface area contributed by atoms with Crippen molar-refractivity contribution in [1.82, 2.24) is 0 Å². The van der Waals surface area contributed by atoms with Crippen molar-refractivity contribution in [1.29, 1.82) is 0 Å². The lowest BCUT2D eigenvalue weighted by Crippen LogP contribution is -2.36. The molecule has 0 saturated carbocycles. The molecule has 2 saturated heterocycles. The zero-order valence-electron chi connectivity index (χ0n) is 12.7. The Kier molecular flexibility index (Phi) is 3.17. The summed E-state index contributed by atoms with van der Waals surface area (Å²) in [5.41, 5.74) is 2.08. The van der Waals surface area contributed by atoms with E-state index >= 15 is 0 Å². The van der Waals surface area contributed by atoms with Crippen LogP contribution in [0, 0.1) is 5.92 Å². The molecule has 3 rings (SSSR count). The van der Waals surface area contributed by atoms with Crippen molar-refractivity contribution in [2.24, 2.45) is 5.92 Å². The molecule has 2 heterocycles. The summed E-state index contributed by atoms with van der Waals surface area (Å²) in [6.07, 6.45) is 0.352. The zero-order chi connectivity index (χ0) is 15.4. The molecule has 5 heteroatoms. The molecule has 114 valence electrons. The Morgan fingerprint density at radius 2 is 1.71 bits per heavy atom. The highest BCUT2D eigenvalue weighted by Gasteiger charge is 2.49. The van der Waals surface area contributed by atoms with Crippen LogP contribution in [0.5, 0.6) is 0 Å². The van der Waals surface area contributed by atoms with Crippen molar-refractivity contribution in [3.63, 3.8) is 0 Å². The van der Waals surface area contributed by atoms with Crippen LogP contribution in [-0.4, -0.2) is 31.9 Å². The second-order valence-corrected chi connectivity index (χ2v) is 9.32. The van der Waals surface area contributed by atoms with E-state index < -0.39 is 9.84 Å². The summed E-state index contributed by atoms with van der Waals surface area (Å²) >= 11 is 0. The van der Waals surface area contributed by atoms with Gasteiger partial charge in [0, 0.05) is 18.0 Å². The van der Waals surface area contributed by atoms with Gasteiger partial charge in [0.1, 0.15) is 0 Å². The highest BCUT2D eigenvalue weighted by molar-refractivity contribution is 7.91. The molecule has 21 heavy (non-hydrogen) atoms. The molecule has 0 unspecified atom stereocenters. The van der Waals surface area contributed by atoms with E-state index in [1.807, 2.05) is 24.3 Å². The summed E-state index contributed by atoms with van der Waals surface area (Å²) in [5.74, 6) is 0.262. The maximum Gasteiger partial charge on any atom is 0.227 e. The van der Waals surface area contributed by atoms with Gasteiger partial charge in [0.15, 0.2) is 9.84 Å². The predicted octanol–water partition coefficient (Wildman–Crippen LogP) is 2.13. The molecule has 0 spiro atoms. The molecule has 0 N–H and O–H groups in total. The maximum atomic E-state index is 12.2. The molecular weight excluding hydrogens is 286 g/mol. The van der Waals surface area contributed by atoms with Crippen LogP contribution in [-0.2, 0) is 20.0 Å². The second-order valence-electron chi connectivity index (χ2n) is 7.17. The number of benzene rings is 1. The van der Waals surface area contributed by atoms with Crippen molar-refractivity contribution < 1.29 is 13.2 Å². The first kappa shape index (κ1) is 14.6. The number of sulfone groups is 1. The number of carbonyl (C=O) groups excluding carboxylic acids is 1. The van der Waals surface area contributed by atoms with Crippen molar-refractivity contribution >= 4 is 21.4 Å². The first-order valence-corrected chi connectivity index (χ1v) is 9.12. The van der Waals surface area contributed by atoms with Crippen LogP contribution in [0.4, 0.5) is 5.69 Å². The van der Waals surface area contributed by atoms with Gasteiger partial charge in [-0.25, -0.2) is 8.42 Å². The van der Waals surface area contributed by atoms with Crippen LogP contribution in [0.2, 0.25) is 0 Å². The van der Waals surface area contributed by atoms with Gasteiger partial charge in [-0.05, 0) is 23.1 Å².